The Bertz CT molecular complexity index is 632. The van der Waals surface area contributed by atoms with Crippen molar-refractivity contribution in [2.24, 2.45) is 5.73 Å². The maximum atomic E-state index is 12.6. The predicted molar refractivity (Wildman–Crippen MR) is 84.7 cm³/mol. The molecule has 0 aliphatic rings. The monoisotopic (exact) mass is 330 g/mol. The average Bonchev–Trinajstić information content (AvgIpc) is 3.07. The van der Waals surface area contributed by atoms with Gasteiger partial charge in [-0.25, -0.2) is 8.42 Å². The van der Waals surface area contributed by atoms with E-state index in [4.69, 9.17) is 5.73 Å². The van der Waals surface area contributed by atoms with Gasteiger partial charge in [-0.15, -0.1) is 22.7 Å². The lowest BCUT2D eigenvalue weighted by Gasteiger charge is -2.18. The minimum atomic E-state index is -3.41. The first-order valence-corrected chi connectivity index (χ1v) is 9.53. The van der Waals surface area contributed by atoms with Gasteiger partial charge in [-0.2, -0.15) is 4.31 Å². The van der Waals surface area contributed by atoms with E-state index in [9.17, 15) is 8.42 Å². The van der Waals surface area contributed by atoms with Gasteiger partial charge in [-0.05, 0) is 36.5 Å². The zero-order chi connectivity index (χ0) is 14.6. The zero-order valence-corrected chi connectivity index (χ0v) is 13.7. The molecular formula is C13H18N2O2S3. The van der Waals surface area contributed by atoms with Crippen molar-refractivity contribution in [2.45, 2.75) is 24.1 Å². The van der Waals surface area contributed by atoms with Crippen LogP contribution in [-0.2, 0) is 23.0 Å². The second kappa shape index (κ2) is 6.82. The summed E-state index contributed by atoms with van der Waals surface area (Å²) >= 11 is 2.89. The number of rotatable bonds is 7. The van der Waals surface area contributed by atoms with E-state index in [1.54, 1.807) is 17.4 Å². The molecule has 0 aliphatic heterocycles. The van der Waals surface area contributed by atoms with Crippen molar-refractivity contribution < 1.29 is 8.42 Å². The Morgan fingerprint density at radius 2 is 2.05 bits per heavy atom. The maximum absolute atomic E-state index is 12.6. The Morgan fingerprint density at radius 3 is 2.65 bits per heavy atom. The lowest BCUT2D eigenvalue weighted by molar-refractivity contribution is 0.428. The summed E-state index contributed by atoms with van der Waals surface area (Å²) in [5.41, 5.74) is 5.50. The van der Waals surface area contributed by atoms with Crippen LogP contribution in [0, 0.1) is 0 Å². The smallest absolute Gasteiger partial charge is 0.252 e. The molecule has 0 saturated carbocycles. The lowest BCUT2D eigenvalue weighted by Crippen LogP contribution is -2.29. The van der Waals surface area contributed by atoms with Crippen molar-refractivity contribution in [3.8, 4) is 0 Å². The number of nitrogens with zero attached hydrogens (tertiary/aromatic N) is 1. The highest BCUT2D eigenvalue weighted by molar-refractivity contribution is 7.91. The van der Waals surface area contributed by atoms with Gasteiger partial charge >= 0.3 is 0 Å². The van der Waals surface area contributed by atoms with Gasteiger partial charge in [-0.3, -0.25) is 0 Å². The summed E-state index contributed by atoms with van der Waals surface area (Å²) in [6, 6.07) is 7.42. The van der Waals surface area contributed by atoms with Gasteiger partial charge in [0.1, 0.15) is 4.21 Å². The molecule has 2 aromatic heterocycles. The molecule has 0 aliphatic carbocycles. The van der Waals surface area contributed by atoms with Crippen LogP contribution in [0.2, 0.25) is 0 Å². The largest absolute Gasteiger partial charge is 0.330 e. The Morgan fingerprint density at radius 1 is 1.25 bits per heavy atom. The molecule has 0 saturated heterocycles. The third kappa shape index (κ3) is 3.48. The number of thiophene rings is 2. The minimum absolute atomic E-state index is 0.402. The van der Waals surface area contributed by atoms with Crippen LogP contribution >= 0.6 is 22.7 Å². The van der Waals surface area contributed by atoms with Gasteiger partial charge in [0.15, 0.2) is 0 Å². The summed E-state index contributed by atoms with van der Waals surface area (Å²) in [4.78, 5) is 2.06. The van der Waals surface area contributed by atoms with Crippen LogP contribution in [0.3, 0.4) is 0 Å². The molecule has 0 radical (unpaired) electrons. The molecule has 0 amide bonds. The quantitative estimate of drug-likeness (QED) is 0.848. The third-order valence-corrected chi connectivity index (χ3v) is 7.28. The van der Waals surface area contributed by atoms with Crippen LogP contribution in [0.5, 0.6) is 0 Å². The predicted octanol–water partition coefficient (Wildman–Crippen LogP) is 2.52. The summed E-state index contributed by atoms with van der Waals surface area (Å²) < 4.78 is 27.1. The lowest BCUT2D eigenvalue weighted by atomic mass is 10.3. The van der Waals surface area contributed by atoms with E-state index < -0.39 is 10.0 Å². The molecule has 0 atom stereocenters. The van der Waals surface area contributed by atoms with Gasteiger partial charge in [0, 0.05) is 22.8 Å². The van der Waals surface area contributed by atoms with Crippen LogP contribution in [0.4, 0.5) is 0 Å². The number of nitrogens with two attached hydrogens (primary N) is 1. The molecule has 2 N–H and O–H groups in total. The van der Waals surface area contributed by atoms with Crippen LogP contribution in [0.25, 0.3) is 0 Å². The van der Waals surface area contributed by atoms with Crippen molar-refractivity contribution in [3.63, 3.8) is 0 Å². The van der Waals surface area contributed by atoms with Gasteiger partial charge in [0.2, 0.25) is 0 Å². The molecule has 2 aromatic rings. The van der Waals surface area contributed by atoms with Crippen molar-refractivity contribution >= 4 is 32.7 Å². The van der Waals surface area contributed by atoms with E-state index in [0.29, 0.717) is 23.8 Å². The highest BCUT2D eigenvalue weighted by Gasteiger charge is 2.25. The molecule has 4 nitrogen and oxygen atoms in total. The molecule has 0 fully saturated rings. The van der Waals surface area contributed by atoms with E-state index in [1.807, 2.05) is 30.5 Å². The topological polar surface area (TPSA) is 63.4 Å². The second-order valence-electron chi connectivity index (χ2n) is 4.27. The Labute approximate surface area is 127 Å². The van der Waals surface area contributed by atoms with E-state index in [2.05, 4.69) is 0 Å². The van der Waals surface area contributed by atoms with E-state index in [1.165, 1.54) is 15.6 Å². The van der Waals surface area contributed by atoms with Gasteiger partial charge in [0.25, 0.3) is 10.0 Å². The first-order chi connectivity index (χ1) is 9.57. The number of hydrogen-bond donors (Lipinski definition) is 1. The molecule has 0 spiro atoms. The molecule has 110 valence electrons. The van der Waals surface area contributed by atoms with Crippen molar-refractivity contribution in [1.29, 1.82) is 0 Å². The van der Waals surface area contributed by atoms with E-state index >= 15 is 0 Å². The van der Waals surface area contributed by atoms with Crippen LogP contribution in [0.15, 0.2) is 33.9 Å². The summed E-state index contributed by atoms with van der Waals surface area (Å²) in [5, 5.41) is 1.96. The summed E-state index contributed by atoms with van der Waals surface area (Å²) in [7, 11) is -3.41. The molecule has 2 heterocycles. The first kappa shape index (κ1) is 15.7. The number of sulfonamides is 1. The van der Waals surface area contributed by atoms with Crippen LogP contribution < -0.4 is 5.73 Å². The van der Waals surface area contributed by atoms with Gasteiger partial charge in [-0.1, -0.05) is 13.0 Å². The minimum Gasteiger partial charge on any atom is -0.330 e. The fourth-order valence-corrected chi connectivity index (χ4v) is 5.60. The van der Waals surface area contributed by atoms with Gasteiger partial charge in [0.05, 0.1) is 0 Å². The Hall–Kier alpha value is -0.730. The van der Waals surface area contributed by atoms with Gasteiger partial charge < -0.3 is 5.73 Å². The average molecular weight is 331 g/mol. The first-order valence-electron chi connectivity index (χ1n) is 6.39. The fraction of sp³-hybridized carbons (Fsp3) is 0.385. The van der Waals surface area contributed by atoms with Crippen LogP contribution in [0.1, 0.15) is 16.7 Å². The molecule has 0 aromatic carbocycles. The second-order valence-corrected chi connectivity index (χ2v) is 8.64. The normalized spacial score (nSPS) is 12.2. The van der Waals surface area contributed by atoms with Crippen molar-refractivity contribution in [1.82, 2.24) is 4.31 Å². The Kier molecular flexibility index (Phi) is 5.34. The fourth-order valence-electron chi connectivity index (χ4n) is 1.84. The summed E-state index contributed by atoms with van der Waals surface area (Å²) in [6.45, 7) is 3.29. The molecule has 0 unspecified atom stereocenters. The van der Waals surface area contributed by atoms with Crippen LogP contribution in [-0.4, -0.2) is 25.8 Å². The highest BCUT2D eigenvalue weighted by atomic mass is 32.2. The zero-order valence-electron chi connectivity index (χ0n) is 11.3. The summed E-state index contributed by atoms with van der Waals surface area (Å²) in [5.74, 6) is 0. The molecule has 2 rings (SSSR count). The van der Waals surface area contributed by atoms with E-state index in [-0.39, 0.29) is 0 Å². The maximum Gasteiger partial charge on any atom is 0.252 e. The Balaban J connectivity index is 2.21. The molecule has 20 heavy (non-hydrogen) atoms. The highest BCUT2D eigenvalue weighted by Crippen LogP contribution is 2.26. The number of hydrogen-bond acceptors (Lipinski definition) is 5. The standard InChI is InChI=1S/C13H18N2O2S3/c1-2-15(10-12-4-3-9-18-12)20(16,17)13-6-5-11(19-13)7-8-14/h3-6,9H,2,7-8,10,14H2,1H3. The van der Waals surface area contributed by atoms with Crippen molar-refractivity contribution in [3.05, 3.63) is 39.4 Å². The van der Waals surface area contributed by atoms with Crippen molar-refractivity contribution in [2.75, 3.05) is 13.1 Å². The summed E-state index contributed by atoms with van der Waals surface area (Å²) in [6.07, 6.45) is 0.719. The SMILES string of the molecule is CCN(Cc1cccs1)S(=O)(=O)c1ccc(CCN)s1. The third-order valence-electron chi connectivity index (χ3n) is 2.89. The molecular weight excluding hydrogens is 312 g/mol. The molecule has 0 bridgehead atoms. The molecule has 7 heteroatoms. The van der Waals surface area contributed by atoms with E-state index in [0.717, 1.165) is 16.2 Å².